The molecule has 146 valence electrons. The van der Waals surface area contributed by atoms with Crippen LogP contribution in [0.25, 0.3) is 5.69 Å². The summed E-state index contributed by atoms with van der Waals surface area (Å²) in [5.74, 6) is 1.88. The lowest BCUT2D eigenvalue weighted by atomic mass is 10.3. The van der Waals surface area contributed by atoms with Crippen molar-refractivity contribution < 1.29 is 9.53 Å². The molecule has 0 bridgehead atoms. The van der Waals surface area contributed by atoms with E-state index in [0.29, 0.717) is 18.2 Å². The Labute approximate surface area is 172 Å². The van der Waals surface area contributed by atoms with Crippen LogP contribution in [0.1, 0.15) is 10.7 Å². The summed E-state index contributed by atoms with van der Waals surface area (Å²) in [7, 11) is 1.64. The fourth-order valence-corrected chi connectivity index (χ4v) is 4.30. The number of rotatable bonds is 9. The summed E-state index contributed by atoms with van der Waals surface area (Å²) >= 11 is 3.03. The first-order chi connectivity index (χ1) is 13.6. The van der Waals surface area contributed by atoms with Crippen LogP contribution in [0.4, 0.5) is 0 Å². The smallest absolute Gasteiger partial charge is 0.233 e. The normalized spacial score (nSPS) is 10.6. The molecule has 3 aromatic rings. The number of hydrogen-bond acceptors (Lipinski definition) is 6. The topological polar surface area (TPSA) is 60.2 Å². The number of ether oxygens (including phenoxy) is 1. The minimum atomic E-state index is 0.0419. The lowest BCUT2D eigenvalue weighted by molar-refractivity contribution is -0.128. The molecular formula is C20H22N4O2S2. The van der Waals surface area contributed by atoms with Crippen LogP contribution in [-0.4, -0.2) is 45.0 Å². The van der Waals surface area contributed by atoms with Crippen molar-refractivity contribution in [1.29, 1.82) is 0 Å². The predicted octanol–water partition coefficient (Wildman–Crippen LogP) is 3.95. The maximum Gasteiger partial charge on any atom is 0.233 e. The molecule has 8 heteroatoms. The third-order valence-corrected chi connectivity index (χ3v) is 5.85. The van der Waals surface area contributed by atoms with Crippen LogP contribution in [0.5, 0.6) is 5.75 Å². The molecule has 0 aliphatic carbocycles. The first-order valence-electron chi connectivity index (χ1n) is 8.72. The molecular weight excluding hydrogens is 392 g/mol. The number of thioether (sulfide) groups is 1. The van der Waals surface area contributed by atoms with Gasteiger partial charge >= 0.3 is 0 Å². The zero-order chi connectivity index (χ0) is 19.9. The standard InChI is InChI=1S/C20H22N4O2S2/c1-4-11-23(13-18-6-5-12-27-18)19(25)14-28-20-22-21-15(2)24(20)16-7-9-17(26-3)10-8-16/h4-10,12H,1,11,13-14H2,2-3H3. The summed E-state index contributed by atoms with van der Waals surface area (Å²) in [6.07, 6.45) is 1.75. The number of nitrogens with zero attached hydrogens (tertiary/aromatic N) is 4. The molecule has 0 saturated carbocycles. The fraction of sp³-hybridized carbons (Fsp3) is 0.250. The van der Waals surface area contributed by atoms with Gasteiger partial charge in [0.25, 0.3) is 0 Å². The van der Waals surface area contributed by atoms with Crippen molar-refractivity contribution in [3.63, 3.8) is 0 Å². The number of benzene rings is 1. The molecule has 0 spiro atoms. The number of amides is 1. The molecule has 28 heavy (non-hydrogen) atoms. The second-order valence-electron chi connectivity index (χ2n) is 5.99. The van der Waals surface area contributed by atoms with E-state index in [1.807, 2.05) is 53.3 Å². The average Bonchev–Trinajstić information content (AvgIpc) is 3.35. The van der Waals surface area contributed by atoms with Crippen LogP contribution in [0.15, 0.2) is 59.6 Å². The Morgan fingerprint density at radius 2 is 2.11 bits per heavy atom. The van der Waals surface area contributed by atoms with Gasteiger partial charge in [-0.2, -0.15) is 0 Å². The second kappa shape index (κ2) is 9.57. The summed E-state index contributed by atoms with van der Waals surface area (Å²) in [5, 5.41) is 11.1. The van der Waals surface area contributed by atoms with Crippen molar-refractivity contribution >= 4 is 29.0 Å². The molecule has 0 aliphatic rings. The van der Waals surface area contributed by atoms with Gasteiger partial charge in [-0.1, -0.05) is 23.9 Å². The molecule has 1 aromatic carbocycles. The van der Waals surface area contributed by atoms with Gasteiger partial charge in [-0.25, -0.2) is 0 Å². The Balaban J connectivity index is 1.71. The van der Waals surface area contributed by atoms with E-state index in [9.17, 15) is 4.79 Å². The number of aromatic nitrogens is 3. The molecule has 2 heterocycles. The largest absolute Gasteiger partial charge is 0.497 e. The fourth-order valence-electron chi connectivity index (χ4n) is 2.68. The lowest BCUT2D eigenvalue weighted by Gasteiger charge is -2.20. The van der Waals surface area contributed by atoms with E-state index in [1.54, 1.807) is 29.4 Å². The van der Waals surface area contributed by atoms with E-state index in [2.05, 4.69) is 16.8 Å². The summed E-state index contributed by atoms with van der Waals surface area (Å²) in [5.41, 5.74) is 0.930. The average molecular weight is 415 g/mol. The predicted molar refractivity (Wildman–Crippen MR) is 113 cm³/mol. The Kier molecular flexibility index (Phi) is 6.89. The molecule has 3 rings (SSSR count). The van der Waals surface area contributed by atoms with E-state index in [4.69, 9.17) is 4.74 Å². The first-order valence-corrected chi connectivity index (χ1v) is 10.6. The van der Waals surface area contributed by atoms with Gasteiger partial charge in [0.2, 0.25) is 5.91 Å². The van der Waals surface area contributed by atoms with Gasteiger partial charge < -0.3 is 9.64 Å². The van der Waals surface area contributed by atoms with Crippen LogP contribution in [0, 0.1) is 6.92 Å². The molecule has 0 N–H and O–H groups in total. The zero-order valence-corrected chi connectivity index (χ0v) is 17.5. The number of methoxy groups -OCH3 is 1. The van der Waals surface area contributed by atoms with E-state index >= 15 is 0 Å². The van der Waals surface area contributed by atoms with Crippen LogP contribution in [-0.2, 0) is 11.3 Å². The van der Waals surface area contributed by atoms with E-state index in [-0.39, 0.29) is 11.7 Å². The van der Waals surface area contributed by atoms with Crippen LogP contribution < -0.4 is 4.74 Å². The van der Waals surface area contributed by atoms with Gasteiger partial charge in [-0.05, 0) is 42.6 Å². The molecule has 0 radical (unpaired) electrons. The number of hydrogen-bond donors (Lipinski definition) is 0. The van der Waals surface area contributed by atoms with Gasteiger partial charge in [0.15, 0.2) is 5.16 Å². The van der Waals surface area contributed by atoms with Crippen molar-refractivity contribution in [2.45, 2.75) is 18.6 Å². The summed E-state index contributed by atoms with van der Waals surface area (Å²) in [6.45, 7) is 6.77. The minimum Gasteiger partial charge on any atom is -0.497 e. The van der Waals surface area contributed by atoms with Gasteiger partial charge in [-0.3, -0.25) is 9.36 Å². The van der Waals surface area contributed by atoms with Crippen LogP contribution in [0.2, 0.25) is 0 Å². The summed E-state index contributed by atoms with van der Waals surface area (Å²) in [6, 6.07) is 11.7. The van der Waals surface area contributed by atoms with Gasteiger partial charge in [0, 0.05) is 17.1 Å². The quantitative estimate of drug-likeness (QED) is 0.392. The SMILES string of the molecule is C=CCN(Cc1cccs1)C(=O)CSc1nnc(C)n1-c1ccc(OC)cc1. The molecule has 0 aliphatic heterocycles. The van der Waals surface area contributed by atoms with Crippen molar-refractivity contribution in [3.8, 4) is 11.4 Å². The summed E-state index contributed by atoms with van der Waals surface area (Å²) in [4.78, 5) is 15.7. The number of aryl methyl sites for hydroxylation is 1. The molecule has 0 fully saturated rings. The first kappa shape index (κ1) is 20.2. The Hall–Kier alpha value is -2.58. The van der Waals surface area contributed by atoms with Gasteiger partial charge in [0.05, 0.1) is 19.4 Å². The Morgan fingerprint density at radius 3 is 2.75 bits per heavy atom. The molecule has 1 amide bonds. The molecule has 0 saturated heterocycles. The molecule has 2 aromatic heterocycles. The highest BCUT2D eigenvalue weighted by Gasteiger charge is 2.17. The van der Waals surface area contributed by atoms with Crippen molar-refractivity contribution in [3.05, 3.63) is 65.1 Å². The number of thiophene rings is 1. The lowest BCUT2D eigenvalue weighted by Crippen LogP contribution is -2.31. The molecule has 0 unspecified atom stereocenters. The molecule has 6 nitrogen and oxygen atoms in total. The van der Waals surface area contributed by atoms with Gasteiger partial charge in [-0.15, -0.1) is 28.1 Å². The Morgan fingerprint density at radius 1 is 1.32 bits per heavy atom. The van der Waals surface area contributed by atoms with Gasteiger partial charge in [0.1, 0.15) is 11.6 Å². The highest BCUT2D eigenvalue weighted by Crippen LogP contribution is 2.24. The Bertz CT molecular complexity index is 920. The molecule has 0 atom stereocenters. The third kappa shape index (κ3) is 4.82. The summed E-state index contributed by atoms with van der Waals surface area (Å²) < 4.78 is 7.15. The highest BCUT2D eigenvalue weighted by atomic mass is 32.2. The van der Waals surface area contributed by atoms with E-state index < -0.39 is 0 Å². The van der Waals surface area contributed by atoms with E-state index in [1.165, 1.54) is 11.8 Å². The van der Waals surface area contributed by atoms with Crippen molar-refractivity contribution in [1.82, 2.24) is 19.7 Å². The van der Waals surface area contributed by atoms with Crippen LogP contribution in [0.3, 0.4) is 0 Å². The minimum absolute atomic E-state index is 0.0419. The zero-order valence-electron chi connectivity index (χ0n) is 15.9. The number of carbonyl (C=O) groups is 1. The van der Waals surface area contributed by atoms with E-state index in [0.717, 1.165) is 22.1 Å². The maximum atomic E-state index is 12.8. The second-order valence-corrected chi connectivity index (χ2v) is 7.97. The van der Waals surface area contributed by atoms with Crippen LogP contribution >= 0.6 is 23.1 Å². The highest BCUT2D eigenvalue weighted by molar-refractivity contribution is 7.99. The van der Waals surface area contributed by atoms with Crippen molar-refractivity contribution in [2.75, 3.05) is 19.4 Å². The monoisotopic (exact) mass is 414 g/mol. The maximum absolute atomic E-state index is 12.8. The van der Waals surface area contributed by atoms with Crippen molar-refractivity contribution in [2.24, 2.45) is 0 Å². The number of carbonyl (C=O) groups excluding carboxylic acids is 1. The third-order valence-electron chi connectivity index (χ3n) is 4.08.